The summed E-state index contributed by atoms with van der Waals surface area (Å²) in [6.07, 6.45) is -2.11. The molecule has 0 bridgehead atoms. The van der Waals surface area contributed by atoms with Gasteiger partial charge in [0.2, 0.25) is 0 Å². The Morgan fingerprint density at radius 3 is 2.62 bits per heavy atom. The lowest BCUT2D eigenvalue weighted by Crippen LogP contribution is -2.21. The first-order chi connectivity index (χ1) is 7.61. The van der Waals surface area contributed by atoms with E-state index in [0.717, 1.165) is 5.56 Å². The molecular formula is C12H15NO3. The van der Waals surface area contributed by atoms with E-state index in [1.54, 1.807) is 25.1 Å². The Morgan fingerprint density at radius 1 is 1.38 bits per heavy atom. The quantitative estimate of drug-likeness (QED) is 0.696. The van der Waals surface area contributed by atoms with Gasteiger partial charge >= 0.3 is 0 Å². The van der Waals surface area contributed by atoms with E-state index in [9.17, 15) is 10.2 Å². The number of aryl methyl sites for hydroxylation is 1. The Balaban J connectivity index is 3.07. The van der Waals surface area contributed by atoms with Crippen molar-refractivity contribution in [2.45, 2.75) is 25.6 Å². The zero-order chi connectivity index (χ0) is 12.1. The van der Waals surface area contributed by atoms with Crippen LogP contribution in [0.2, 0.25) is 0 Å². The Kier molecular flexibility index (Phi) is 4.44. The van der Waals surface area contributed by atoms with Crippen molar-refractivity contribution in [3.05, 3.63) is 34.9 Å². The highest BCUT2D eigenvalue weighted by molar-refractivity contribution is 5.44. The SMILES string of the molecule is Cc1cccc(C#N)c1C(O)C(O)CCO. The highest BCUT2D eigenvalue weighted by Gasteiger charge is 2.22. The molecule has 0 radical (unpaired) electrons. The van der Waals surface area contributed by atoms with E-state index < -0.39 is 12.2 Å². The van der Waals surface area contributed by atoms with Gasteiger partial charge in [0.25, 0.3) is 0 Å². The Hall–Kier alpha value is -1.41. The van der Waals surface area contributed by atoms with Crippen LogP contribution in [0.4, 0.5) is 0 Å². The number of rotatable bonds is 4. The molecule has 3 N–H and O–H groups in total. The van der Waals surface area contributed by atoms with Gasteiger partial charge in [-0.1, -0.05) is 12.1 Å². The molecule has 4 heteroatoms. The number of aliphatic hydroxyl groups excluding tert-OH is 3. The summed E-state index contributed by atoms with van der Waals surface area (Å²) in [5, 5.41) is 37.1. The van der Waals surface area contributed by atoms with Gasteiger partial charge in [0.05, 0.1) is 17.7 Å². The van der Waals surface area contributed by atoms with Crippen LogP contribution < -0.4 is 0 Å². The summed E-state index contributed by atoms with van der Waals surface area (Å²) < 4.78 is 0. The highest BCUT2D eigenvalue weighted by atomic mass is 16.3. The molecule has 0 spiro atoms. The maximum absolute atomic E-state index is 9.90. The Bertz CT molecular complexity index is 398. The first-order valence-electron chi connectivity index (χ1n) is 5.08. The van der Waals surface area contributed by atoms with Crippen molar-refractivity contribution in [1.29, 1.82) is 5.26 Å². The summed E-state index contributed by atoms with van der Waals surface area (Å²) in [6.45, 7) is 1.57. The summed E-state index contributed by atoms with van der Waals surface area (Å²) >= 11 is 0. The van der Waals surface area contributed by atoms with Gasteiger partial charge in [-0.3, -0.25) is 0 Å². The largest absolute Gasteiger partial charge is 0.396 e. The average Bonchev–Trinajstić information content (AvgIpc) is 2.28. The molecule has 4 nitrogen and oxygen atoms in total. The topological polar surface area (TPSA) is 84.5 Å². The second-order valence-corrected chi connectivity index (χ2v) is 3.67. The van der Waals surface area contributed by atoms with Crippen molar-refractivity contribution < 1.29 is 15.3 Å². The molecule has 16 heavy (non-hydrogen) atoms. The van der Waals surface area contributed by atoms with E-state index in [-0.39, 0.29) is 13.0 Å². The summed E-state index contributed by atoms with van der Waals surface area (Å²) in [6, 6.07) is 7.07. The normalized spacial score (nSPS) is 14.2. The van der Waals surface area contributed by atoms with Crippen molar-refractivity contribution >= 4 is 0 Å². The van der Waals surface area contributed by atoms with E-state index in [1.807, 2.05) is 6.07 Å². The minimum Gasteiger partial charge on any atom is -0.396 e. The summed E-state index contributed by atoms with van der Waals surface area (Å²) in [5.41, 5.74) is 1.54. The second kappa shape index (κ2) is 5.61. The molecule has 0 aliphatic heterocycles. The predicted molar refractivity (Wildman–Crippen MR) is 58.6 cm³/mol. The number of hydrogen-bond acceptors (Lipinski definition) is 4. The van der Waals surface area contributed by atoms with Crippen molar-refractivity contribution in [2.24, 2.45) is 0 Å². The van der Waals surface area contributed by atoms with Gasteiger partial charge in [-0.25, -0.2) is 0 Å². The Labute approximate surface area is 94.4 Å². The predicted octanol–water partition coefficient (Wildman–Crippen LogP) is 0.643. The van der Waals surface area contributed by atoms with Gasteiger partial charge in [-0.15, -0.1) is 0 Å². The second-order valence-electron chi connectivity index (χ2n) is 3.67. The van der Waals surface area contributed by atoms with E-state index in [2.05, 4.69) is 0 Å². The fourth-order valence-corrected chi connectivity index (χ4v) is 1.65. The minimum atomic E-state index is -1.14. The third kappa shape index (κ3) is 2.58. The third-order valence-electron chi connectivity index (χ3n) is 2.53. The molecule has 0 saturated heterocycles. The molecule has 0 aromatic heterocycles. The zero-order valence-electron chi connectivity index (χ0n) is 9.09. The number of benzene rings is 1. The lowest BCUT2D eigenvalue weighted by atomic mass is 9.93. The van der Waals surface area contributed by atoms with E-state index in [0.29, 0.717) is 11.1 Å². The van der Waals surface area contributed by atoms with Crippen LogP contribution in [0.3, 0.4) is 0 Å². The van der Waals surface area contributed by atoms with Gasteiger partial charge in [0.1, 0.15) is 6.10 Å². The Morgan fingerprint density at radius 2 is 2.06 bits per heavy atom. The van der Waals surface area contributed by atoms with Crippen LogP contribution in [0.1, 0.15) is 29.2 Å². The van der Waals surface area contributed by atoms with E-state index in [4.69, 9.17) is 10.4 Å². The van der Waals surface area contributed by atoms with Crippen molar-refractivity contribution in [3.8, 4) is 6.07 Å². The van der Waals surface area contributed by atoms with Crippen LogP contribution in [-0.4, -0.2) is 28.0 Å². The van der Waals surface area contributed by atoms with Gasteiger partial charge < -0.3 is 15.3 Å². The fourth-order valence-electron chi connectivity index (χ4n) is 1.65. The molecule has 0 amide bonds. The van der Waals surface area contributed by atoms with Crippen molar-refractivity contribution in [1.82, 2.24) is 0 Å². The molecule has 0 saturated carbocycles. The summed E-state index contributed by atoms with van der Waals surface area (Å²) in [4.78, 5) is 0. The highest BCUT2D eigenvalue weighted by Crippen LogP contribution is 2.25. The molecule has 1 aromatic rings. The van der Waals surface area contributed by atoms with Gasteiger partial charge in [-0.05, 0) is 25.0 Å². The number of nitriles is 1. The van der Waals surface area contributed by atoms with Crippen LogP contribution in [0.25, 0.3) is 0 Å². The maximum Gasteiger partial charge on any atom is 0.106 e. The third-order valence-corrected chi connectivity index (χ3v) is 2.53. The minimum absolute atomic E-state index is 0.0837. The molecular weight excluding hydrogens is 206 g/mol. The molecule has 0 heterocycles. The molecule has 2 unspecified atom stereocenters. The van der Waals surface area contributed by atoms with Gasteiger partial charge in [0, 0.05) is 12.2 Å². The van der Waals surface area contributed by atoms with Crippen LogP contribution in [0, 0.1) is 18.3 Å². The maximum atomic E-state index is 9.90. The number of nitrogens with zero attached hydrogens (tertiary/aromatic N) is 1. The molecule has 0 aliphatic carbocycles. The first-order valence-corrected chi connectivity index (χ1v) is 5.08. The standard InChI is InChI=1S/C12H15NO3/c1-8-3-2-4-9(7-13)11(8)12(16)10(15)5-6-14/h2-4,10,12,14-16H,5-6H2,1H3. The van der Waals surface area contributed by atoms with Crippen LogP contribution in [0.5, 0.6) is 0 Å². The van der Waals surface area contributed by atoms with Crippen LogP contribution in [0.15, 0.2) is 18.2 Å². The molecule has 0 fully saturated rings. The molecule has 1 aromatic carbocycles. The zero-order valence-corrected chi connectivity index (χ0v) is 9.09. The molecule has 2 atom stereocenters. The lowest BCUT2D eigenvalue weighted by Gasteiger charge is -2.20. The smallest absolute Gasteiger partial charge is 0.106 e. The van der Waals surface area contributed by atoms with Crippen LogP contribution in [-0.2, 0) is 0 Å². The van der Waals surface area contributed by atoms with E-state index in [1.165, 1.54) is 0 Å². The van der Waals surface area contributed by atoms with Gasteiger partial charge in [-0.2, -0.15) is 5.26 Å². The fraction of sp³-hybridized carbons (Fsp3) is 0.417. The molecule has 1 rings (SSSR count). The first kappa shape index (κ1) is 12.7. The number of hydrogen-bond donors (Lipinski definition) is 3. The van der Waals surface area contributed by atoms with Gasteiger partial charge in [0.15, 0.2) is 0 Å². The molecule has 0 aliphatic rings. The summed E-state index contributed by atoms with van der Waals surface area (Å²) in [5.74, 6) is 0. The van der Waals surface area contributed by atoms with E-state index >= 15 is 0 Å². The monoisotopic (exact) mass is 221 g/mol. The molecule has 86 valence electrons. The lowest BCUT2D eigenvalue weighted by molar-refractivity contribution is 0.00374. The van der Waals surface area contributed by atoms with Crippen molar-refractivity contribution in [2.75, 3.05) is 6.61 Å². The number of aliphatic hydroxyl groups is 3. The van der Waals surface area contributed by atoms with Crippen molar-refractivity contribution in [3.63, 3.8) is 0 Å². The average molecular weight is 221 g/mol. The summed E-state index contributed by atoms with van der Waals surface area (Å²) in [7, 11) is 0. The van der Waals surface area contributed by atoms with Crippen LogP contribution >= 0.6 is 0 Å².